The monoisotopic (exact) mass is 598 g/mol. The molecule has 0 aromatic heterocycles. The quantitative estimate of drug-likeness (QED) is 0.217. The van der Waals surface area contributed by atoms with Crippen molar-refractivity contribution < 1.29 is 33.2 Å². The van der Waals surface area contributed by atoms with E-state index >= 15 is 0 Å². The summed E-state index contributed by atoms with van der Waals surface area (Å²) in [6.45, 7) is 6.32. The van der Waals surface area contributed by atoms with E-state index < -0.39 is 0 Å². The number of benzene rings is 2. The Hall–Kier alpha value is -2.40. The average Bonchev–Trinajstić information content (AvgIpc) is 3.59. The summed E-state index contributed by atoms with van der Waals surface area (Å²) in [7, 11) is 5.15. The second-order valence-electron chi connectivity index (χ2n) is 11.7. The Morgan fingerprint density at radius 1 is 0.930 bits per heavy atom. The lowest BCUT2D eigenvalue weighted by molar-refractivity contribution is -0.214. The maximum atomic E-state index is 6.88. The highest BCUT2D eigenvalue weighted by Crippen LogP contribution is 2.37. The fourth-order valence-electron chi connectivity index (χ4n) is 6.59. The lowest BCUT2D eigenvalue weighted by Crippen LogP contribution is -2.52. The fraction of sp³-hybridized carbons (Fsp3) is 0.647. The van der Waals surface area contributed by atoms with E-state index in [4.69, 9.17) is 33.2 Å². The predicted molar refractivity (Wildman–Crippen MR) is 166 cm³/mol. The molecule has 1 saturated heterocycles. The molecule has 9 heteroatoms. The second kappa shape index (κ2) is 16.6. The van der Waals surface area contributed by atoms with E-state index in [0.717, 1.165) is 74.8 Å². The molecule has 3 aliphatic rings. The first kappa shape index (κ1) is 32.0. The van der Waals surface area contributed by atoms with E-state index in [0.29, 0.717) is 32.3 Å². The van der Waals surface area contributed by atoms with Gasteiger partial charge in [0.25, 0.3) is 0 Å². The minimum atomic E-state index is -0.256. The van der Waals surface area contributed by atoms with Gasteiger partial charge in [0.2, 0.25) is 0 Å². The van der Waals surface area contributed by atoms with Crippen LogP contribution in [-0.4, -0.2) is 92.4 Å². The Balaban J connectivity index is 1.32. The molecule has 5 rings (SSSR count). The SMILES string of the molecule is COCCCN1CCOc2ccc(CO[C@H]3CNC[C@@H](OC(OCCOC)C4CCCC4)[C@@H]3c3ccc(OC)cc3)cc21. The molecular weight excluding hydrogens is 548 g/mol. The van der Waals surface area contributed by atoms with Crippen LogP contribution < -0.4 is 19.7 Å². The van der Waals surface area contributed by atoms with Crippen LogP contribution in [0, 0.1) is 5.92 Å². The maximum absolute atomic E-state index is 6.88. The summed E-state index contributed by atoms with van der Waals surface area (Å²) in [5, 5.41) is 3.60. The number of nitrogens with one attached hydrogen (secondary N) is 1. The van der Waals surface area contributed by atoms with Crippen molar-refractivity contribution in [1.82, 2.24) is 5.32 Å². The van der Waals surface area contributed by atoms with E-state index in [-0.39, 0.29) is 24.4 Å². The molecule has 2 aromatic rings. The van der Waals surface area contributed by atoms with Crippen LogP contribution in [0.3, 0.4) is 0 Å². The molecule has 1 aliphatic carbocycles. The molecule has 2 heterocycles. The molecule has 238 valence electrons. The minimum absolute atomic E-state index is 0.0357. The van der Waals surface area contributed by atoms with Gasteiger partial charge in [-0.3, -0.25) is 0 Å². The Kier molecular flexibility index (Phi) is 12.4. The van der Waals surface area contributed by atoms with E-state index in [1.165, 1.54) is 18.4 Å². The molecule has 1 unspecified atom stereocenters. The minimum Gasteiger partial charge on any atom is -0.497 e. The fourth-order valence-corrected chi connectivity index (χ4v) is 6.59. The van der Waals surface area contributed by atoms with Gasteiger partial charge in [0.15, 0.2) is 6.29 Å². The van der Waals surface area contributed by atoms with Crippen molar-refractivity contribution in [3.63, 3.8) is 0 Å². The highest BCUT2D eigenvalue weighted by molar-refractivity contribution is 5.61. The van der Waals surface area contributed by atoms with Crippen molar-refractivity contribution in [3.05, 3.63) is 53.6 Å². The van der Waals surface area contributed by atoms with E-state index in [1.54, 1.807) is 21.3 Å². The van der Waals surface area contributed by atoms with E-state index in [2.05, 4.69) is 40.5 Å². The normalized spacial score (nSPS) is 23.1. The Labute approximate surface area is 257 Å². The number of ether oxygens (including phenoxy) is 7. The zero-order valence-corrected chi connectivity index (χ0v) is 26.1. The summed E-state index contributed by atoms with van der Waals surface area (Å²) in [6, 6.07) is 14.7. The number of nitrogens with zero attached hydrogens (tertiary/aromatic N) is 1. The summed E-state index contributed by atoms with van der Waals surface area (Å²) in [5.74, 6) is 2.21. The van der Waals surface area contributed by atoms with Crippen LogP contribution in [-0.2, 0) is 30.3 Å². The van der Waals surface area contributed by atoms with Gasteiger partial charge < -0.3 is 43.4 Å². The number of hydrogen-bond donors (Lipinski definition) is 1. The van der Waals surface area contributed by atoms with Gasteiger partial charge in [-0.2, -0.15) is 0 Å². The van der Waals surface area contributed by atoms with Crippen LogP contribution >= 0.6 is 0 Å². The van der Waals surface area contributed by atoms with Crippen molar-refractivity contribution in [1.29, 1.82) is 0 Å². The Morgan fingerprint density at radius 2 is 1.72 bits per heavy atom. The molecule has 4 atom stereocenters. The molecule has 0 radical (unpaired) electrons. The molecule has 2 aromatic carbocycles. The zero-order valence-electron chi connectivity index (χ0n) is 26.1. The third-order valence-corrected chi connectivity index (χ3v) is 8.88. The third kappa shape index (κ3) is 8.62. The predicted octanol–water partition coefficient (Wildman–Crippen LogP) is 4.77. The number of anilines is 1. The van der Waals surface area contributed by atoms with Gasteiger partial charge in [0.05, 0.1) is 51.4 Å². The molecular formula is C34H50N2O7. The summed E-state index contributed by atoms with van der Waals surface area (Å²) >= 11 is 0. The van der Waals surface area contributed by atoms with Gasteiger partial charge in [-0.05, 0) is 54.7 Å². The Bertz CT molecular complexity index is 1090. The lowest BCUT2D eigenvalue weighted by atomic mass is 9.85. The highest BCUT2D eigenvalue weighted by Gasteiger charge is 2.39. The molecule has 0 amide bonds. The van der Waals surface area contributed by atoms with Crippen LogP contribution in [0.15, 0.2) is 42.5 Å². The second-order valence-corrected chi connectivity index (χ2v) is 11.7. The van der Waals surface area contributed by atoms with E-state index in [1.807, 2.05) is 12.1 Å². The topological polar surface area (TPSA) is 79.9 Å². The molecule has 43 heavy (non-hydrogen) atoms. The maximum Gasteiger partial charge on any atom is 0.160 e. The molecule has 9 nitrogen and oxygen atoms in total. The Morgan fingerprint density at radius 3 is 2.49 bits per heavy atom. The summed E-state index contributed by atoms with van der Waals surface area (Å²) in [6.07, 6.45) is 5.26. The number of rotatable bonds is 16. The largest absolute Gasteiger partial charge is 0.497 e. The average molecular weight is 599 g/mol. The molecule has 0 spiro atoms. The van der Waals surface area contributed by atoms with Crippen LogP contribution in [0.25, 0.3) is 0 Å². The van der Waals surface area contributed by atoms with Gasteiger partial charge >= 0.3 is 0 Å². The van der Waals surface area contributed by atoms with Crippen molar-refractivity contribution in [2.75, 3.05) is 78.8 Å². The van der Waals surface area contributed by atoms with Crippen molar-refractivity contribution in [3.8, 4) is 11.5 Å². The molecule has 1 N–H and O–H groups in total. The standard InChI is InChI=1S/C34H50N2O7/c1-37-17-6-15-36-16-18-40-30-14-9-25(21-29(30)36)24-42-31-22-35-23-32(33(31)26-10-12-28(39-3)13-11-26)43-34(41-20-19-38-2)27-7-4-5-8-27/h9-14,21,27,31-35H,4-8,15-20,22-24H2,1-3H3/t31-,32+,33+,34?/m0/s1. The van der Waals surface area contributed by atoms with Crippen LogP contribution in [0.4, 0.5) is 5.69 Å². The lowest BCUT2D eigenvalue weighted by Gasteiger charge is -2.41. The van der Waals surface area contributed by atoms with Gasteiger partial charge in [-0.1, -0.05) is 31.0 Å². The van der Waals surface area contributed by atoms with Crippen molar-refractivity contribution >= 4 is 5.69 Å². The van der Waals surface area contributed by atoms with Crippen LogP contribution in [0.5, 0.6) is 11.5 Å². The number of methoxy groups -OCH3 is 3. The van der Waals surface area contributed by atoms with Gasteiger partial charge in [0, 0.05) is 52.3 Å². The van der Waals surface area contributed by atoms with Crippen molar-refractivity contribution in [2.45, 2.75) is 63.1 Å². The third-order valence-electron chi connectivity index (χ3n) is 8.88. The van der Waals surface area contributed by atoms with E-state index in [9.17, 15) is 0 Å². The summed E-state index contributed by atoms with van der Waals surface area (Å²) in [4.78, 5) is 2.39. The molecule has 2 fully saturated rings. The highest BCUT2D eigenvalue weighted by atomic mass is 16.7. The summed E-state index contributed by atoms with van der Waals surface area (Å²) in [5.41, 5.74) is 3.44. The van der Waals surface area contributed by atoms with Crippen molar-refractivity contribution in [2.24, 2.45) is 5.92 Å². The van der Waals surface area contributed by atoms with Crippen LogP contribution in [0.2, 0.25) is 0 Å². The molecule has 0 bridgehead atoms. The first-order valence-corrected chi connectivity index (χ1v) is 15.9. The first-order valence-electron chi connectivity index (χ1n) is 15.9. The van der Waals surface area contributed by atoms with Crippen LogP contribution in [0.1, 0.15) is 49.1 Å². The number of fused-ring (bicyclic) bond motifs is 1. The van der Waals surface area contributed by atoms with Gasteiger partial charge in [-0.15, -0.1) is 0 Å². The first-order chi connectivity index (χ1) is 21.2. The zero-order chi connectivity index (χ0) is 29.9. The van der Waals surface area contributed by atoms with Gasteiger partial charge in [0.1, 0.15) is 18.1 Å². The summed E-state index contributed by atoms with van der Waals surface area (Å²) < 4.78 is 41.9. The van der Waals surface area contributed by atoms with Gasteiger partial charge in [-0.25, -0.2) is 0 Å². The number of piperidine rings is 1. The molecule has 2 aliphatic heterocycles. The number of hydrogen-bond acceptors (Lipinski definition) is 9. The smallest absolute Gasteiger partial charge is 0.160 e. The molecule has 1 saturated carbocycles.